The van der Waals surface area contributed by atoms with Gasteiger partial charge in [-0.2, -0.15) is 5.26 Å². The summed E-state index contributed by atoms with van der Waals surface area (Å²) in [7, 11) is 1.62. The fourth-order valence-electron chi connectivity index (χ4n) is 2.66. The van der Waals surface area contributed by atoms with Crippen LogP contribution in [-0.4, -0.2) is 29.8 Å². The Hall–Kier alpha value is -3.92. The molecule has 0 saturated carbocycles. The number of anilines is 2. The van der Waals surface area contributed by atoms with Crippen LogP contribution >= 0.6 is 0 Å². The second-order valence-corrected chi connectivity index (χ2v) is 5.90. The van der Waals surface area contributed by atoms with Crippen molar-refractivity contribution in [3.63, 3.8) is 0 Å². The van der Waals surface area contributed by atoms with Gasteiger partial charge < -0.3 is 15.4 Å². The summed E-state index contributed by atoms with van der Waals surface area (Å²) < 4.78 is 5.30. The number of carbonyl (C=O) groups excluding carboxylic acids is 1. The number of nitrogens with one attached hydrogen (secondary N) is 2. The molecular weight excluding hydrogens is 354 g/mol. The number of hydrogen-bond acceptors (Lipinski definition) is 6. The average molecular weight is 373 g/mol. The Morgan fingerprint density at radius 2 is 1.86 bits per heavy atom. The van der Waals surface area contributed by atoms with E-state index in [0.29, 0.717) is 30.0 Å². The Morgan fingerprint density at radius 3 is 2.61 bits per heavy atom. The molecule has 0 radical (unpaired) electrons. The number of nitriles is 1. The van der Waals surface area contributed by atoms with Crippen LogP contribution in [0.25, 0.3) is 0 Å². The van der Waals surface area contributed by atoms with Crippen molar-refractivity contribution in [1.29, 1.82) is 5.26 Å². The number of amides is 1. The monoisotopic (exact) mass is 373 g/mol. The largest absolute Gasteiger partial charge is 0.496 e. The number of methoxy groups -OCH3 is 1. The molecule has 7 heteroatoms. The molecule has 0 unspecified atom stereocenters. The molecule has 28 heavy (non-hydrogen) atoms. The molecule has 7 nitrogen and oxygen atoms in total. The Balaban J connectivity index is 1.57. The summed E-state index contributed by atoms with van der Waals surface area (Å²) >= 11 is 0. The van der Waals surface area contributed by atoms with Gasteiger partial charge in [-0.05, 0) is 42.3 Å². The molecule has 0 atom stereocenters. The molecule has 0 aliphatic heterocycles. The van der Waals surface area contributed by atoms with Crippen molar-refractivity contribution in [3.05, 3.63) is 77.5 Å². The van der Waals surface area contributed by atoms with Crippen molar-refractivity contribution >= 4 is 17.4 Å². The normalized spacial score (nSPS) is 10.0. The molecule has 2 aromatic carbocycles. The lowest BCUT2D eigenvalue weighted by molar-refractivity contribution is 0.0948. The summed E-state index contributed by atoms with van der Waals surface area (Å²) in [6.45, 7) is 0.455. The number of carbonyl (C=O) groups is 1. The first kappa shape index (κ1) is 18.9. The van der Waals surface area contributed by atoms with Gasteiger partial charge in [-0.25, -0.2) is 0 Å². The van der Waals surface area contributed by atoms with E-state index in [0.717, 1.165) is 11.3 Å². The van der Waals surface area contributed by atoms with Gasteiger partial charge in [0.25, 0.3) is 5.91 Å². The fourth-order valence-corrected chi connectivity index (χ4v) is 2.66. The van der Waals surface area contributed by atoms with Gasteiger partial charge in [0.15, 0.2) is 11.5 Å². The maximum absolute atomic E-state index is 12.3. The third-order valence-electron chi connectivity index (χ3n) is 4.08. The molecule has 0 saturated heterocycles. The van der Waals surface area contributed by atoms with E-state index in [2.05, 4.69) is 26.9 Å². The number of hydrogen-bond donors (Lipinski definition) is 2. The molecule has 2 N–H and O–H groups in total. The van der Waals surface area contributed by atoms with Gasteiger partial charge in [0.2, 0.25) is 0 Å². The van der Waals surface area contributed by atoms with Gasteiger partial charge >= 0.3 is 0 Å². The molecule has 3 rings (SSSR count). The molecule has 0 aliphatic rings. The van der Waals surface area contributed by atoms with Gasteiger partial charge in [-0.1, -0.05) is 30.3 Å². The van der Waals surface area contributed by atoms with E-state index in [1.807, 2.05) is 30.3 Å². The lowest BCUT2D eigenvalue weighted by Gasteiger charge is -2.09. The molecule has 140 valence electrons. The zero-order chi connectivity index (χ0) is 19.8. The summed E-state index contributed by atoms with van der Waals surface area (Å²) in [6, 6.07) is 20.1. The van der Waals surface area contributed by atoms with E-state index in [4.69, 9.17) is 10.00 Å². The summed E-state index contributed by atoms with van der Waals surface area (Å²) in [5, 5.41) is 22.9. The fraction of sp³-hybridized carbons (Fsp3) is 0.143. The minimum atomic E-state index is -0.300. The standard InChI is InChI=1S/C21H19N5O2/c1-28-19-9-5-3-6-15(19)12-13-23-21(27)18-10-11-20(26-25-18)24-17-8-4-2-7-16(17)14-22/h2-11H,12-13H2,1H3,(H,23,27)(H,24,26). The molecule has 3 aromatic rings. The number of aromatic nitrogens is 2. The van der Waals surface area contributed by atoms with Crippen molar-refractivity contribution in [2.45, 2.75) is 6.42 Å². The molecule has 1 amide bonds. The third-order valence-corrected chi connectivity index (χ3v) is 4.08. The SMILES string of the molecule is COc1ccccc1CCNC(=O)c1ccc(Nc2ccccc2C#N)nn1. The highest BCUT2D eigenvalue weighted by Gasteiger charge is 2.09. The Bertz CT molecular complexity index is 996. The zero-order valence-corrected chi connectivity index (χ0v) is 15.3. The maximum Gasteiger partial charge on any atom is 0.271 e. The van der Waals surface area contributed by atoms with Gasteiger partial charge in [0, 0.05) is 6.54 Å². The molecular formula is C21H19N5O2. The van der Waals surface area contributed by atoms with Crippen LogP contribution in [-0.2, 0) is 6.42 Å². The molecule has 1 aromatic heterocycles. The van der Waals surface area contributed by atoms with E-state index in [1.165, 1.54) is 0 Å². The summed E-state index contributed by atoms with van der Waals surface area (Å²) in [6.07, 6.45) is 0.647. The minimum absolute atomic E-state index is 0.221. The first-order chi connectivity index (χ1) is 13.7. The highest BCUT2D eigenvalue weighted by Crippen LogP contribution is 2.19. The van der Waals surface area contributed by atoms with Crippen molar-refractivity contribution in [1.82, 2.24) is 15.5 Å². The quantitative estimate of drug-likeness (QED) is 0.660. The van der Waals surface area contributed by atoms with Crippen molar-refractivity contribution < 1.29 is 9.53 Å². The number of ether oxygens (including phenoxy) is 1. The molecule has 1 heterocycles. The van der Waals surface area contributed by atoms with E-state index >= 15 is 0 Å². The van der Waals surface area contributed by atoms with Crippen LogP contribution in [0.4, 0.5) is 11.5 Å². The van der Waals surface area contributed by atoms with Gasteiger partial charge in [0.1, 0.15) is 11.8 Å². The summed E-state index contributed by atoms with van der Waals surface area (Å²) in [5.41, 5.74) is 2.38. The van der Waals surface area contributed by atoms with Crippen LogP contribution in [0.3, 0.4) is 0 Å². The minimum Gasteiger partial charge on any atom is -0.496 e. The number of benzene rings is 2. The van der Waals surface area contributed by atoms with Crippen LogP contribution in [0.2, 0.25) is 0 Å². The van der Waals surface area contributed by atoms with E-state index < -0.39 is 0 Å². The Morgan fingerprint density at radius 1 is 1.07 bits per heavy atom. The summed E-state index contributed by atoms with van der Waals surface area (Å²) in [4.78, 5) is 12.3. The Labute approximate surface area is 163 Å². The first-order valence-electron chi connectivity index (χ1n) is 8.71. The van der Waals surface area contributed by atoms with Crippen molar-refractivity contribution in [2.24, 2.45) is 0 Å². The Kier molecular flexibility index (Phi) is 6.16. The predicted octanol–water partition coefficient (Wildman–Crippen LogP) is 3.07. The molecule has 0 bridgehead atoms. The predicted molar refractivity (Wildman–Crippen MR) is 106 cm³/mol. The molecule has 0 aliphatic carbocycles. The average Bonchev–Trinajstić information content (AvgIpc) is 2.75. The van der Waals surface area contributed by atoms with Gasteiger partial charge in [-0.15, -0.1) is 10.2 Å². The number of nitrogens with zero attached hydrogens (tertiary/aromatic N) is 3. The summed E-state index contributed by atoms with van der Waals surface area (Å²) in [5.74, 6) is 0.948. The van der Waals surface area contributed by atoms with Crippen LogP contribution in [0.5, 0.6) is 5.75 Å². The van der Waals surface area contributed by atoms with Crippen molar-refractivity contribution in [3.8, 4) is 11.8 Å². The van der Waals surface area contributed by atoms with Gasteiger partial charge in [0.05, 0.1) is 18.4 Å². The lowest BCUT2D eigenvalue weighted by atomic mass is 10.1. The second kappa shape index (κ2) is 9.14. The van der Waals surface area contributed by atoms with Crippen LogP contribution in [0, 0.1) is 11.3 Å². The van der Waals surface area contributed by atoms with E-state index in [9.17, 15) is 4.79 Å². The van der Waals surface area contributed by atoms with Crippen LogP contribution in [0.1, 0.15) is 21.6 Å². The third kappa shape index (κ3) is 4.62. The molecule has 0 spiro atoms. The molecule has 0 fully saturated rings. The highest BCUT2D eigenvalue weighted by molar-refractivity contribution is 5.92. The van der Waals surface area contributed by atoms with E-state index in [1.54, 1.807) is 37.4 Å². The van der Waals surface area contributed by atoms with E-state index in [-0.39, 0.29) is 11.6 Å². The lowest BCUT2D eigenvalue weighted by Crippen LogP contribution is -2.26. The number of para-hydroxylation sites is 2. The smallest absolute Gasteiger partial charge is 0.271 e. The van der Waals surface area contributed by atoms with Gasteiger partial charge in [-0.3, -0.25) is 4.79 Å². The van der Waals surface area contributed by atoms with Crippen LogP contribution < -0.4 is 15.4 Å². The first-order valence-corrected chi connectivity index (χ1v) is 8.71. The zero-order valence-electron chi connectivity index (χ0n) is 15.3. The van der Waals surface area contributed by atoms with Crippen LogP contribution in [0.15, 0.2) is 60.7 Å². The topological polar surface area (TPSA) is 99.9 Å². The second-order valence-electron chi connectivity index (χ2n) is 5.90. The van der Waals surface area contributed by atoms with Crippen molar-refractivity contribution in [2.75, 3.05) is 19.0 Å². The number of rotatable bonds is 7. The maximum atomic E-state index is 12.3. The highest BCUT2D eigenvalue weighted by atomic mass is 16.5.